The molecule has 1 aromatic heterocycles. The second-order valence-corrected chi connectivity index (χ2v) is 34.1. The van der Waals surface area contributed by atoms with Crippen molar-refractivity contribution in [2.24, 2.45) is 17.4 Å². The van der Waals surface area contributed by atoms with Crippen molar-refractivity contribution in [3.05, 3.63) is 167 Å². The number of carboxylic acid groups (broad SMARTS) is 2. The number of aromatic hydroxyl groups is 2. The fourth-order valence-electron chi connectivity index (χ4n) is 15.8. The highest BCUT2D eigenvalue weighted by molar-refractivity contribution is 8.00. The van der Waals surface area contributed by atoms with Gasteiger partial charge in [-0.15, -0.1) is 11.8 Å². The lowest BCUT2D eigenvalue weighted by molar-refractivity contribution is -0.152. The summed E-state index contributed by atoms with van der Waals surface area (Å²) in [4.78, 5) is 257. The van der Waals surface area contributed by atoms with Gasteiger partial charge in [-0.25, -0.2) is 13.2 Å². The summed E-state index contributed by atoms with van der Waals surface area (Å²) in [6, 6.07) is 4.33. The Morgan fingerprint density at radius 2 is 1.08 bits per heavy atom. The summed E-state index contributed by atoms with van der Waals surface area (Å²) in [7, 11) is 3.57. The second-order valence-electron chi connectivity index (χ2n) is 33.1. The van der Waals surface area contributed by atoms with Gasteiger partial charge in [-0.1, -0.05) is 106 Å². The topological polar surface area (TPSA) is 573 Å². The van der Waals surface area contributed by atoms with Gasteiger partial charge >= 0.3 is 11.9 Å². The molecule has 5 aromatic carbocycles. The third kappa shape index (κ3) is 28.4. The van der Waals surface area contributed by atoms with Crippen LogP contribution in [0.4, 0.5) is 13.2 Å². The van der Waals surface area contributed by atoms with Crippen LogP contribution in [0.3, 0.4) is 0 Å². The van der Waals surface area contributed by atoms with E-state index in [9.17, 15) is 63.2 Å². The number of carbonyl (C=O) groups is 17. The van der Waals surface area contributed by atoms with Crippen LogP contribution in [0.1, 0.15) is 100.0 Å². The average molecular weight is 1870 g/mol. The number of aromatic nitrogens is 1. The molecule has 39 nitrogen and oxygen atoms in total. The van der Waals surface area contributed by atoms with Gasteiger partial charge in [-0.3, -0.25) is 81.5 Å². The van der Waals surface area contributed by atoms with Crippen LogP contribution < -0.4 is 59.3 Å². The number of aliphatic carboxylic acids is 2. The number of halogens is 3. The zero-order valence-corrected chi connectivity index (χ0v) is 74.9. The Morgan fingerprint density at radius 1 is 0.541 bits per heavy atom. The number of likely N-dealkylation sites (N-methyl/N-ethyl adjacent to an activating group) is 3. The summed E-state index contributed by atoms with van der Waals surface area (Å²) >= 11 is 0.605. The van der Waals surface area contributed by atoms with Gasteiger partial charge in [0, 0.05) is 102 Å². The lowest BCUT2D eigenvalue weighted by Crippen LogP contribution is -2.64. The van der Waals surface area contributed by atoms with Gasteiger partial charge in [0.2, 0.25) is 88.6 Å². The number of hydrogen-bond donors (Lipinski definition) is 16. The number of amides is 15. The molecule has 9 rings (SSSR count). The van der Waals surface area contributed by atoms with E-state index in [1.807, 2.05) is 0 Å². The molecule has 3 fully saturated rings. The standard InChI is InChI=1S/C90H112F3N17O22S/c1-7-8-19-68-89(130)109-31-14-20-67(109)83(124)102-63(41-75(117)118)81(122)105-77(48(2)3)90(131)107(5)69(38-49-15-10-9-11-16-49)84(125)99-60(29-30-74(115)116)87(128)110-32-33-132-45-71(110)85(126)101-62(40-53-43-96-59-18-13-12-17-56(53)59)80(121)100-61(36-50-21-25-54(111)26-22-50)79(120)103-65(42-94)82(123)104-66(78(119)97-44-72(95)113)46-133-47-73(114)98-64(37-52-34-57(91)76(93)58(92)35-52)86(127)108(6)70(88(129)106(68)4)39-51-23-27-55(112)28-24-51/h9-13,15-18,21-28,34-35,43,48,60-71,77,96,111-112H,7-8,14,19-20,29-33,36-42,44-47,94H2,1-6H3,(H2,95,113)(H,97,119)(H,98,114)(H,99,125)(H,100,121)(H,101,126)(H,102,124)(H,103,120)(H,104,123)(H,105,122)(H,115,116)(H,117,118)/t60-,61-,62-,63-,64-,65-,66-,67+,68-,69-,70-,71+,77-/m0/s1. The molecule has 716 valence electrons. The largest absolute Gasteiger partial charge is 0.508 e. The smallest absolute Gasteiger partial charge is 0.305 e. The molecule has 3 aliphatic rings. The fraction of sp³-hybridized carbons (Fsp3) is 0.456. The quantitative estimate of drug-likeness (QED) is 0.0362. The number of H-pyrrole nitrogens is 1. The Bertz CT molecular complexity index is 5210. The molecule has 15 amide bonds. The van der Waals surface area contributed by atoms with E-state index >= 15 is 51.9 Å². The minimum absolute atomic E-state index is 0.0854. The number of benzene rings is 5. The van der Waals surface area contributed by atoms with E-state index in [0.717, 1.165) is 31.5 Å². The van der Waals surface area contributed by atoms with Crippen molar-refractivity contribution >= 4 is 123 Å². The number of carbonyl (C=O) groups excluding carboxylic acids is 15. The minimum Gasteiger partial charge on any atom is -0.508 e. The molecular formula is C90H112F3N17O22S. The molecule has 0 saturated carbocycles. The van der Waals surface area contributed by atoms with Gasteiger partial charge in [-0.2, -0.15) is 0 Å². The number of phenolic OH excluding ortho intramolecular Hbond substituents is 2. The molecule has 13 atom stereocenters. The number of hydrogen-bond acceptors (Lipinski definition) is 22. The number of rotatable bonds is 23. The fourth-order valence-corrected chi connectivity index (χ4v) is 16.6. The van der Waals surface area contributed by atoms with E-state index in [1.54, 1.807) is 67.7 Å². The van der Waals surface area contributed by atoms with Gasteiger partial charge in [0.1, 0.15) is 90.0 Å². The number of morpholine rings is 1. The highest BCUT2D eigenvalue weighted by Gasteiger charge is 2.46. The Balaban J connectivity index is 1.13. The Hall–Kier alpha value is -13.7. The van der Waals surface area contributed by atoms with Gasteiger partial charge < -0.3 is 114 Å². The zero-order chi connectivity index (χ0) is 97.2. The Morgan fingerprint density at radius 3 is 1.71 bits per heavy atom. The molecule has 0 radical (unpaired) electrons. The molecule has 43 heteroatoms. The first-order chi connectivity index (χ1) is 63.2. The van der Waals surface area contributed by atoms with Crippen LogP contribution in [0.25, 0.3) is 10.9 Å². The summed E-state index contributed by atoms with van der Waals surface area (Å²) in [6.45, 7) is 1.89. The number of unbranched alkanes of at least 4 members (excludes halogenated alkanes) is 1. The van der Waals surface area contributed by atoms with Crippen molar-refractivity contribution in [1.29, 1.82) is 0 Å². The molecule has 3 aliphatic heterocycles. The van der Waals surface area contributed by atoms with E-state index in [4.69, 9.17) is 16.2 Å². The number of fused-ring (bicyclic) bond motifs is 3. The van der Waals surface area contributed by atoms with Crippen molar-refractivity contribution in [3.8, 4) is 11.5 Å². The second kappa shape index (κ2) is 48.4. The van der Waals surface area contributed by atoms with Gasteiger partial charge in [0.05, 0.1) is 31.9 Å². The highest BCUT2D eigenvalue weighted by Crippen LogP contribution is 2.28. The predicted molar refractivity (Wildman–Crippen MR) is 474 cm³/mol. The summed E-state index contributed by atoms with van der Waals surface area (Å²) in [6.07, 6.45) is -2.69. The number of carboxylic acids is 2. The maximum atomic E-state index is 15.7. The molecule has 18 N–H and O–H groups in total. The molecule has 0 bridgehead atoms. The highest BCUT2D eigenvalue weighted by atomic mass is 32.2. The van der Waals surface area contributed by atoms with Gasteiger partial charge in [-0.05, 0) is 102 Å². The molecule has 0 spiro atoms. The number of aromatic amines is 1. The Kier molecular flexibility index (Phi) is 37.5. The normalized spacial score (nSPS) is 23.6. The molecule has 3 saturated heterocycles. The average Bonchev–Trinajstić information content (AvgIpc) is 1.42. The van der Waals surface area contributed by atoms with Crippen molar-refractivity contribution in [2.75, 3.05) is 72.0 Å². The minimum atomic E-state index is -2.00. The lowest BCUT2D eigenvalue weighted by atomic mass is 9.98. The molecular weight excluding hydrogens is 1760 g/mol. The maximum absolute atomic E-state index is 15.7. The van der Waals surface area contributed by atoms with Crippen molar-refractivity contribution in [1.82, 2.24) is 77.3 Å². The van der Waals surface area contributed by atoms with Crippen LogP contribution in [0, 0.1) is 23.4 Å². The molecule has 0 aliphatic carbocycles. The molecule has 0 unspecified atom stereocenters. The van der Waals surface area contributed by atoms with Gasteiger partial charge in [0.15, 0.2) is 17.5 Å². The number of thioether (sulfide) groups is 1. The SMILES string of the molecule is CCCC[C@H]1C(=O)N2CCC[C@@H]2C(=O)N[C@@H](CC(=O)O)C(=O)N[C@@H](C(C)C)C(=O)N(C)[C@@H](Cc2ccccc2)C(=O)N[C@@H](CCC(=O)O)C(=O)N2CCOC[C@@H]2C(=O)N[C@@H](Cc2c[nH]c3ccccc23)C(=O)N[C@@H](Cc2ccc(O)cc2)C(=O)N[C@@H](CN)C(=O)N[C@H](C(=O)NCC(N)=O)CSCC(=O)N[C@@H](Cc2cc(F)c(F)c(F)c2)C(=O)N(C)[C@@H](Cc2ccc(O)cc2)C(=O)N1C. The van der Waals surface area contributed by atoms with E-state index in [-0.39, 0.29) is 75.3 Å². The summed E-state index contributed by atoms with van der Waals surface area (Å²) < 4.78 is 50.8. The number of para-hydroxylation sites is 1. The van der Waals surface area contributed by atoms with Crippen molar-refractivity contribution in [3.63, 3.8) is 0 Å². The molecule has 133 heavy (non-hydrogen) atoms. The molecule has 6 aromatic rings. The first-order valence-electron chi connectivity index (χ1n) is 43.2. The Labute approximate surface area is 767 Å². The van der Waals surface area contributed by atoms with Crippen LogP contribution in [0.15, 0.2) is 121 Å². The van der Waals surface area contributed by atoms with Crippen molar-refractivity contribution < 1.29 is 120 Å². The summed E-state index contributed by atoms with van der Waals surface area (Å²) in [5.41, 5.74) is 13.2. The number of nitrogens with one attached hydrogen (secondary N) is 10. The van der Waals surface area contributed by atoms with E-state index < -0.39 is 278 Å². The number of phenols is 2. The summed E-state index contributed by atoms with van der Waals surface area (Å²) in [5, 5.41) is 64.4. The number of ether oxygens (including phenoxy) is 1. The van der Waals surface area contributed by atoms with E-state index in [0.29, 0.717) is 57.9 Å². The third-order valence-corrected chi connectivity index (χ3v) is 24.2. The zero-order valence-electron chi connectivity index (χ0n) is 74.0. The molecule has 4 heterocycles. The number of nitrogens with two attached hydrogens (primary N) is 2. The number of nitrogens with zero attached hydrogens (tertiary/aromatic N) is 5. The van der Waals surface area contributed by atoms with Crippen LogP contribution in [0.5, 0.6) is 11.5 Å². The lowest BCUT2D eigenvalue weighted by Gasteiger charge is -2.38. The third-order valence-electron chi connectivity index (χ3n) is 23.2. The van der Waals surface area contributed by atoms with E-state index in [1.165, 1.54) is 76.5 Å². The van der Waals surface area contributed by atoms with Crippen LogP contribution in [-0.2, 0) is 118 Å². The van der Waals surface area contributed by atoms with E-state index in [2.05, 4.69) is 52.8 Å². The van der Waals surface area contributed by atoms with Crippen LogP contribution in [-0.4, -0.2) is 301 Å². The summed E-state index contributed by atoms with van der Waals surface area (Å²) in [5.74, 6) is -27.0. The van der Waals surface area contributed by atoms with Crippen LogP contribution >= 0.6 is 11.8 Å². The first-order valence-corrected chi connectivity index (χ1v) is 44.4. The van der Waals surface area contributed by atoms with Crippen molar-refractivity contribution in [2.45, 2.75) is 183 Å². The van der Waals surface area contributed by atoms with Gasteiger partial charge in [0.25, 0.3) is 0 Å². The first kappa shape index (κ1) is 103. The monoisotopic (exact) mass is 1870 g/mol. The van der Waals surface area contributed by atoms with Crippen LogP contribution in [0.2, 0.25) is 0 Å². The predicted octanol–water partition coefficient (Wildman–Crippen LogP) is -0.420. The maximum Gasteiger partial charge on any atom is 0.305 e. The number of primary amides is 1.